The summed E-state index contributed by atoms with van der Waals surface area (Å²) in [5.41, 5.74) is 0.382. The van der Waals surface area contributed by atoms with Crippen LogP contribution >= 0.6 is 0 Å². The molecule has 1 aromatic heterocycles. The van der Waals surface area contributed by atoms with Crippen molar-refractivity contribution in [3.8, 4) is 0 Å². The Hall–Kier alpha value is -1.93. The Balaban J connectivity index is 1.44. The number of piperidine rings is 1. The van der Waals surface area contributed by atoms with E-state index >= 15 is 0 Å². The second-order valence-electron chi connectivity index (χ2n) is 7.26. The van der Waals surface area contributed by atoms with Crippen molar-refractivity contribution in [3.63, 3.8) is 0 Å². The van der Waals surface area contributed by atoms with Gasteiger partial charge in [0.15, 0.2) is 12.1 Å². The van der Waals surface area contributed by atoms with Crippen molar-refractivity contribution in [2.75, 3.05) is 45.8 Å². The van der Waals surface area contributed by atoms with Gasteiger partial charge in [-0.3, -0.25) is 14.5 Å². The molecular formula is C18H28N4O4. The molecule has 1 N–H and O–H groups in total. The Labute approximate surface area is 153 Å². The summed E-state index contributed by atoms with van der Waals surface area (Å²) in [6.07, 6.45) is 2.48. The first kappa shape index (κ1) is 18.8. The van der Waals surface area contributed by atoms with Gasteiger partial charge in [-0.2, -0.15) is 0 Å². The highest BCUT2D eigenvalue weighted by atomic mass is 16.3. The number of aromatic nitrogens is 1. The number of hydrogen-bond acceptors (Lipinski definition) is 6. The zero-order valence-corrected chi connectivity index (χ0v) is 15.6. The molecule has 2 fully saturated rings. The van der Waals surface area contributed by atoms with Crippen LogP contribution in [0.2, 0.25) is 0 Å². The van der Waals surface area contributed by atoms with Crippen LogP contribution in [0.4, 0.5) is 0 Å². The van der Waals surface area contributed by atoms with Crippen LogP contribution in [0, 0.1) is 12.8 Å². The lowest BCUT2D eigenvalue weighted by molar-refractivity contribution is -0.130. The molecule has 0 saturated carbocycles. The van der Waals surface area contributed by atoms with Crippen LogP contribution in [0.5, 0.6) is 0 Å². The number of β-amino-alcohol motifs (C(OH)–C–C–N with tert-alkyl or cyclic N) is 1. The number of aryl methyl sites for hydroxylation is 1. The van der Waals surface area contributed by atoms with Crippen LogP contribution in [0.25, 0.3) is 0 Å². The largest absolute Gasteiger partial charge is 0.448 e. The third-order valence-corrected chi connectivity index (χ3v) is 5.58. The van der Waals surface area contributed by atoms with Crippen molar-refractivity contribution in [1.29, 1.82) is 0 Å². The van der Waals surface area contributed by atoms with E-state index in [9.17, 15) is 14.7 Å². The Morgan fingerprint density at radius 1 is 1.19 bits per heavy atom. The highest BCUT2D eigenvalue weighted by molar-refractivity contribution is 5.93. The number of nitrogens with zero attached hydrogens (tertiary/aromatic N) is 4. The van der Waals surface area contributed by atoms with E-state index in [1.54, 1.807) is 18.7 Å². The average Bonchev–Trinajstić information content (AvgIpc) is 3.07. The maximum Gasteiger partial charge on any atom is 0.276 e. The highest BCUT2D eigenvalue weighted by Gasteiger charge is 2.31. The van der Waals surface area contributed by atoms with Crippen LogP contribution in [-0.4, -0.2) is 88.5 Å². The minimum atomic E-state index is -0.398. The number of aliphatic hydroxyl groups excluding tert-OH is 1. The summed E-state index contributed by atoms with van der Waals surface area (Å²) in [6.45, 7) is 8.29. The normalized spacial score (nSPS) is 21.0. The third kappa shape index (κ3) is 4.24. The molecule has 3 heterocycles. The monoisotopic (exact) mass is 364 g/mol. The van der Waals surface area contributed by atoms with Crippen molar-refractivity contribution < 1.29 is 19.1 Å². The molecule has 0 bridgehead atoms. The number of likely N-dealkylation sites (tertiary alicyclic amines) is 1. The SMILES string of the molecule is CC(=O)N1CCN(CC(O)C2CCN(C(=O)c3ncoc3C)CC2)CC1. The molecule has 26 heavy (non-hydrogen) atoms. The van der Waals surface area contributed by atoms with E-state index in [2.05, 4.69) is 9.88 Å². The molecular weight excluding hydrogens is 336 g/mol. The van der Waals surface area contributed by atoms with Gasteiger partial charge in [0.1, 0.15) is 5.76 Å². The summed E-state index contributed by atoms with van der Waals surface area (Å²) in [5.74, 6) is 0.763. The van der Waals surface area contributed by atoms with Gasteiger partial charge in [-0.25, -0.2) is 4.98 Å². The molecule has 1 aromatic rings. The summed E-state index contributed by atoms with van der Waals surface area (Å²) in [4.78, 5) is 33.7. The number of rotatable bonds is 4. The quantitative estimate of drug-likeness (QED) is 0.830. The van der Waals surface area contributed by atoms with Gasteiger partial charge in [0, 0.05) is 52.7 Å². The zero-order chi connectivity index (χ0) is 18.7. The molecule has 8 heteroatoms. The van der Waals surface area contributed by atoms with E-state index < -0.39 is 6.10 Å². The number of carbonyl (C=O) groups excluding carboxylic acids is 2. The number of carbonyl (C=O) groups is 2. The molecule has 144 valence electrons. The lowest BCUT2D eigenvalue weighted by Crippen LogP contribution is -2.51. The van der Waals surface area contributed by atoms with E-state index in [0.29, 0.717) is 31.1 Å². The number of amides is 2. The van der Waals surface area contributed by atoms with Crippen molar-refractivity contribution >= 4 is 11.8 Å². The van der Waals surface area contributed by atoms with Gasteiger partial charge >= 0.3 is 0 Å². The molecule has 3 rings (SSSR count). The van der Waals surface area contributed by atoms with E-state index in [0.717, 1.165) is 39.0 Å². The predicted octanol–water partition coefficient (Wildman–Crippen LogP) is 0.360. The van der Waals surface area contributed by atoms with Crippen LogP contribution in [-0.2, 0) is 4.79 Å². The van der Waals surface area contributed by atoms with Gasteiger partial charge in [-0.15, -0.1) is 0 Å². The molecule has 0 aliphatic carbocycles. The molecule has 0 radical (unpaired) electrons. The van der Waals surface area contributed by atoms with Gasteiger partial charge in [0.05, 0.1) is 6.10 Å². The average molecular weight is 364 g/mol. The molecule has 8 nitrogen and oxygen atoms in total. The first-order valence-corrected chi connectivity index (χ1v) is 9.31. The molecule has 2 aliphatic heterocycles. The Morgan fingerprint density at radius 2 is 1.85 bits per heavy atom. The summed E-state index contributed by atoms with van der Waals surface area (Å²) in [7, 11) is 0. The summed E-state index contributed by atoms with van der Waals surface area (Å²) in [5, 5.41) is 10.6. The maximum atomic E-state index is 12.5. The van der Waals surface area contributed by atoms with Crippen LogP contribution < -0.4 is 0 Å². The minimum absolute atomic E-state index is 0.0930. The number of oxazole rings is 1. The second kappa shape index (κ2) is 8.18. The third-order valence-electron chi connectivity index (χ3n) is 5.58. The highest BCUT2D eigenvalue weighted by Crippen LogP contribution is 2.23. The first-order chi connectivity index (χ1) is 12.5. The van der Waals surface area contributed by atoms with Crippen LogP contribution in [0.15, 0.2) is 10.8 Å². The van der Waals surface area contributed by atoms with E-state index in [-0.39, 0.29) is 17.7 Å². The Bertz CT molecular complexity index is 631. The minimum Gasteiger partial charge on any atom is -0.448 e. The maximum absolute atomic E-state index is 12.5. The summed E-state index contributed by atoms with van der Waals surface area (Å²) in [6, 6.07) is 0. The topological polar surface area (TPSA) is 90.1 Å². The van der Waals surface area contributed by atoms with Crippen molar-refractivity contribution in [3.05, 3.63) is 17.8 Å². The molecule has 1 unspecified atom stereocenters. The summed E-state index contributed by atoms with van der Waals surface area (Å²) >= 11 is 0. The van der Waals surface area contributed by atoms with Gasteiger partial charge in [0.25, 0.3) is 5.91 Å². The van der Waals surface area contributed by atoms with Gasteiger partial charge in [-0.1, -0.05) is 0 Å². The molecule has 0 aromatic carbocycles. The van der Waals surface area contributed by atoms with Gasteiger partial charge < -0.3 is 19.3 Å². The van der Waals surface area contributed by atoms with Crippen LogP contribution in [0.3, 0.4) is 0 Å². The van der Waals surface area contributed by atoms with E-state index in [1.165, 1.54) is 6.39 Å². The smallest absolute Gasteiger partial charge is 0.276 e. The van der Waals surface area contributed by atoms with Crippen molar-refractivity contribution in [2.45, 2.75) is 32.8 Å². The Morgan fingerprint density at radius 3 is 2.38 bits per heavy atom. The van der Waals surface area contributed by atoms with Gasteiger partial charge in [0.2, 0.25) is 5.91 Å². The van der Waals surface area contributed by atoms with E-state index in [4.69, 9.17) is 4.42 Å². The van der Waals surface area contributed by atoms with Crippen LogP contribution in [0.1, 0.15) is 36.0 Å². The fraction of sp³-hybridized carbons (Fsp3) is 0.722. The van der Waals surface area contributed by atoms with Gasteiger partial charge in [-0.05, 0) is 25.7 Å². The molecule has 1 atom stereocenters. The standard InChI is InChI=1S/C18H28N4O4/c1-13-17(19-12-26-13)18(25)22-5-3-15(4-6-22)16(24)11-20-7-9-21(10-8-20)14(2)23/h12,15-16,24H,3-11H2,1-2H3. The number of hydrogen-bond donors (Lipinski definition) is 1. The molecule has 2 amide bonds. The van der Waals surface area contributed by atoms with Crippen molar-refractivity contribution in [2.24, 2.45) is 5.92 Å². The molecule has 2 saturated heterocycles. The summed E-state index contributed by atoms with van der Waals surface area (Å²) < 4.78 is 5.11. The van der Waals surface area contributed by atoms with Crippen molar-refractivity contribution in [1.82, 2.24) is 19.7 Å². The predicted molar refractivity (Wildman–Crippen MR) is 94.6 cm³/mol. The fourth-order valence-corrected chi connectivity index (χ4v) is 3.81. The molecule has 0 spiro atoms. The zero-order valence-electron chi connectivity index (χ0n) is 15.6. The second-order valence-corrected chi connectivity index (χ2v) is 7.26. The number of piperazine rings is 1. The number of aliphatic hydroxyl groups is 1. The first-order valence-electron chi connectivity index (χ1n) is 9.31. The fourth-order valence-electron chi connectivity index (χ4n) is 3.81. The lowest BCUT2D eigenvalue weighted by atomic mass is 9.90. The lowest BCUT2D eigenvalue weighted by Gasteiger charge is -2.38. The Kier molecular flexibility index (Phi) is 5.93. The molecule has 2 aliphatic rings. The van der Waals surface area contributed by atoms with E-state index in [1.807, 2.05) is 4.90 Å².